The van der Waals surface area contributed by atoms with Crippen LogP contribution >= 0.6 is 0 Å². The quantitative estimate of drug-likeness (QED) is 0.613. The van der Waals surface area contributed by atoms with Crippen molar-refractivity contribution in [3.63, 3.8) is 0 Å². The molecule has 0 aliphatic carbocycles. The molecule has 0 unspecified atom stereocenters. The lowest BCUT2D eigenvalue weighted by molar-refractivity contribution is -0.389. The highest BCUT2D eigenvalue weighted by atomic mass is 16.6. The topological polar surface area (TPSA) is 70.2 Å². The molecule has 0 spiro atoms. The molecule has 0 radical (unpaired) electrons. The summed E-state index contributed by atoms with van der Waals surface area (Å²) in [7, 11) is 1.61. The minimum Gasteiger partial charge on any atom is -0.497 e. The number of hydrogen-bond acceptors (Lipinski definition) is 4. The van der Waals surface area contributed by atoms with Gasteiger partial charge in [0.1, 0.15) is 5.75 Å². The van der Waals surface area contributed by atoms with Crippen molar-refractivity contribution in [2.45, 2.75) is 13.5 Å². The fraction of sp³-hybridized carbons (Fsp3) is 0.250. The Hall–Kier alpha value is -2.37. The van der Waals surface area contributed by atoms with Crippen LogP contribution < -0.4 is 4.74 Å². The van der Waals surface area contributed by atoms with Crippen LogP contribution in [0.4, 0.5) is 5.82 Å². The maximum absolute atomic E-state index is 10.6. The second kappa shape index (κ2) is 4.87. The summed E-state index contributed by atoms with van der Waals surface area (Å²) in [5.74, 6) is 0.655. The van der Waals surface area contributed by atoms with Gasteiger partial charge in [0.15, 0.2) is 0 Å². The Morgan fingerprint density at radius 3 is 2.56 bits per heavy atom. The van der Waals surface area contributed by atoms with Crippen molar-refractivity contribution in [3.05, 3.63) is 51.7 Å². The number of aromatic nitrogens is 2. The maximum atomic E-state index is 10.6. The molecule has 6 nitrogen and oxygen atoms in total. The molecular formula is C12H13N3O3. The molecule has 1 aromatic heterocycles. The van der Waals surface area contributed by atoms with E-state index in [1.54, 1.807) is 18.7 Å². The third-order valence-electron chi connectivity index (χ3n) is 2.65. The van der Waals surface area contributed by atoms with Crippen LogP contribution in [0.3, 0.4) is 0 Å². The molecule has 0 aliphatic heterocycles. The lowest BCUT2D eigenvalue weighted by Crippen LogP contribution is -2.04. The number of hydrogen-bond donors (Lipinski definition) is 0. The van der Waals surface area contributed by atoms with Gasteiger partial charge >= 0.3 is 5.82 Å². The van der Waals surface area contributed by atoms with E-state index in [2.05, 4.69) is 5.10 Å². The lowest BCUT2D eigenvalue weighted by atomic mass is 10.2. The van der Waals surface area contributed by atoms with Crippen molar-refractivity contribution in [1.82, 2.24) is 9.78 Å². The summed E-state index contributed by atoms with van der Waals surface area (Å²) in [5, 5.41) is 14.5. The minimum atomic E-state index is -0.489. The molecule has 0 atom stereocenters. The zero-order valence-electron chi connectivity index (χ0n) is 10.2. The number of methoxy groups -OCH3 is 1. The number of aryl methyl sites for hydroxylation is 1. The zero-order valence-corrected chi connectivity index (χ0v) is 10.2. The molecule has 2 rings (SSSR count). The first-order chi connectivity index (χ1) is 8.60. The smallest absolute Gasteiger partial charge is 0.390 e. The molecule has 0 bridgehead atoms. The number of ether oxygens (including phenoxy) is 1. The van der Waals surface area contributed by atoms with E-state index in [-0.39, 0.29) is 5.82 Å². The molecule has 0 fully saturated rings. The Bertz CT molecular complexity index is 560. The molecule has 0 saturated heterocycles. The first-order valence-corrected chi connectivity index (χ1v) is 5.42. The van der Waals surface area contributed by atoms with Gasteiger partial charge in [0.25, 0.3) is 0 Å². The van der Waals surface area contributed by atoms with E-state index in [1.807, 2.05) is 24.3 Å². The Morgan fingerprint density at radius 1 is 1.39 bits per heavy atom. The van der Waals surface area contributed by atoms with Gasteiger partial charge in [0.2, 0.25) is 0 Å². The summed E-state index contributed by atoms with van der Waals surface area (Å²) in [6.45, 7) is 2.30. The average molecular weight is 247 g/mol. The zero-order chi connectivity index (χ0) is 13.1. The Morgan fingerprint density at radius 2 is 2.06 bits per heavy atom. The second-order valence-electron chi connectivity index (χ2n) is 3.91. The minimum absolute atomic E-state index is 0.124. The first kappa shape index (κ1) is 12.1. The van der Waals surface area contributed by atoms with E-state index in [0.29, 0.717) is 6.54 Å². The van der Waals surface area contributed by atoms with E-state index in [0.717, 1.165) is 17.0 Å². The summed E-state index contributed by atoms with van der Waals surface area (Å²) in [5.41, 5.74) is 1.77. The van der Waals surface area contributed by atoms with Crippen molar-refractivity contribution in [3.8, 4) is 5.75 Å². The normalized spacial score (nSPS) is 10.3. The molecule has 18 heavy (non-hydrogen) atoms. The molecule has 1 aromatic carbocycles. The van der Waals surface area contributed by atoms with Crippen molar-refractivity contribution < 1.29 is 9.66 Å². The lowest BCUT2D eigenvalue weighted by Gasteiger charge is -2.02. The van der Waals surface area contributed by atoms with Crippen molar-refractivity contribution in [1.29, 1.82) is 0 Å². The number of nitro groups is 1. The molecule has 0 amide bonds. The number of nitrogens with zero attached hydrogens (tertiary/aromatic N) is 3. The molecule has 0 N–H and O–H groups in total. The summed E-state index contributed by atoms with van der Waals surface area (Å²) < 4.78 is 6.68. The van der Waals surface area contributed by atoms with E-state index < -0.39 is 4.92 Å². The van der Waals surface area contributed by atoms with E-state index in [9.17, 15) is 10.1 Å². The van der Waals surface area contributed by atoms with Crippen molar-refractivity contribution in [2.75, 3.05) is 7.11 Å². The van der Waals surface area contributed by atoms with Gasteiger partial charge in [-0.1, -0.05) is 12.1 Å². The number of rotatable bonds is 4. The Kier molecular flexibility index (Phi) is 3.27. The summed E-state index contributed by atoms with van der Waals surface area (Å²) >= 11 is 0. The van der Waals surface area contributed by atoms with Crippen molar-refractivity contribution in [2.24, 2.45) is 0 Å². The molecule has 0 aliphatic rings. The van der Waals surface area contributed by atoms with Gasteiger partial charge in [-0.2, -0.15) is 4.68 Å². The average Bonchev–Trinajstić information content (AvgIpc) is 2.72. The van der Waals surface area contributed by atoms with Crippen LogP contribution in [0, 0.1) is 17.0 Å². The highest BCUT2D eigenvalue weighted by molar-refractivity contribution is 5.28. The van der Waals surface area contributed by atoms with Gasteiger partial charge in [0, 0.05) is 0 Å². The highest BCUT2D eigenvalue weighted by Crippen LogP contribution is 2.15. The van der Waals surface area contributed by atoms with Gasteiger partial charge < -0.3 is 14.9 Å². The van der Waals surface area contributed by atoms with Gasteiger partial charge in [-0.3, -0.25) is 0 Å². The van der Waals surface area contributed by atoms with Crippen LogP contribution in [0.15, 0.2) is 30.3 Å². The van der Waals surface area contributed by atoms with E-state index in [1.165, 1.54) is 6.07 Å². The molecule has 2 aromatic rings. The molecule has 0 saturated carbocycles. The molecule has 6 heteroatoms. The van der Waals surface area contributed by atoms with Crippen LogP contribution in [0.5, 0.6) is 5.75 Å². The number of benzene rings is 1. The Balaban J connectivity index is 2.19. The fourth-order valence-corrected chi connectivity index (χ4v) is 1.65. The second-order valence-corrected chi connectivity index (χ2v) is 3.91. The third kappa shape index (κ3) is 2.48. The maximum Gasteiger partial charge on any atom is 0.390 e. The fourth-order valence-electron chi connectivity index (χ4n) is 1.65. The van der Waals surface area contributed by atoms with Gasteiger partial charge in [0.05, 0.1) is 30.5 Å². The monoisotopic (exact) mass is 247 g/mol. The van der Waals surface area contributed by atoms with Crippen molar-refractivity contribution >= 4 is 5.82 Å². The third-order valence-corrected chi connectivity index (χ3v) is 2.65. The summed E-state index contributed by atoms with van der Waals surface area (Å²) in [6.07, 6.45) is 0. The van der Waals surface area contributed by atoms with Crippen LogP contribution in [-0.4, -0.2) is 21.8 Å². The first-order valence-electron chi connectivity index (χ1n) is 5.42. The summed E-state index contributed by atoms with van der Waals surface area (Å²) in [6, 6.07) is 8.98. The SMILES string of the molecule is COc1ccc(Cn2nc([N+](=O)[O-])cc2C)cc1. The molecule has 1 heterocycles. The van der Waals surface area contributed by atoms with E-state index in [4.69, 9.17) is 4.74 Å². The highest BCUT2D eigenvalue weighted by Gasteiger charge is 2.15. The summed E-state index contributed by atoms with van der Waals surface area (Å²) in [4.78, 5) is 10.1. The van der Waals surface area contributed by atoms with Crippen LogP contribution in [0.1, 0.15) is 11.3 Å². The van der Waals surface area contributed by atoms with Gasteiger partial charge in [-0.15, -0.1) is 0 Å². The van der Waals surface area contributed by atoms with E-state index >= 15 is 0 Å². The standard InChI is InChI=1S/C12H13N3O3/c1-9-7-12(15(16)17)13-14(9)8-10-3-5-11(18-2)6-4-10/h3-7H,8H2,1-2H3. The van der Waals surface area contributed by atoms with Crippen LogP contribution in [-0.2, 0) is 6.54 Å². The van der Waals surface area contributed by atoms with Crippen LogP contribution in [0.25, 0.3) is 0 Å². The van der Waals surface area contributed by atoms with Gasteiger partial charge in [-0.25, -0.2) is 0 Å². The Labute approximate surface area is 104 Å². The molecular weight excluding hydrogens is 234 g/mol. The largest absolute Gasteiger partial charge is 0.497 e. The predicted octanol–water partition coefficient (Wildman–Crippen LogP) is 2.16. The predicted molar refractivity (Wildman–Crippen MR) is 65.7 cm³/mol. The van der Waals surface area contributed by atoms with Crippen LogP contribution in [0.2, 0.25) is 0 Å². The van der Waals surface area contributed by atoms with Gasteiger partial charge in [-0.05, 0) is 29.5 Å². The molecule has 94 valence electrons.